The number of ketones is 1. The average molecular weight is 219 g/mol. The van der Waals surface area contributed by atoms with E-state index in [4.69, 9.17) is 0 Å². The zero-order valence-corrected chi connectivity index (χ0v) is 10.2. The molecule has 0 bridgehead atoms. The van der Waals surface area contributed by atoms with E-state index in [1.807, 2.05) is 13.8 Å². The van der Waals surface area contributed by atoms with Crippen LogP contribution in [0.4, 0.5) is 0 Å². The number of Topliss-reactive ketones (excluding diaryl/α,β-unsaturated/α-hetero) is 1. The molecule has 0 fully saturated rings. The minimum absolute atomic E-state index is 0. The third-order valence-electron chi connectivity index (χ3n) is 0.687. The molecule has 0 aromatic heterocycles. The first-order valence-electron chi connectivity index (χ1n) is 3.32. The molecule has 0 N–H and O–H groups in total. The molecule has 0 amide bonds. The third kappa shape index (κ3) is 23.3. The fraction of sp³-hybridized carbons (Fsp3) is 0.857. The molecule has 0 aromatic carbocycles. The van der Waals surface area contributed by atoms with Crippen LogP contribution in [0.1, 0.15) is 27.2 Å². The summed E-state index contributed by atoms with van der Waals surface area (Å²) in [5.41, 5.74) is 0. The predicted octanol–water partition coefficient (Wildman–Crippen LogP) is 1.99. The van der Waals surface area contributed by atoms with Crippen molar-refractivity contribution in [2.24, 2.45) is 0 Å². The van der Waals surface area contributed by atoms with Gasteiger partial charge in [-0.3, -0.25) is 0 Å². The fourth-order valence-corrected chi connectivity index (χ4v) is 0.269. The number of rotatable bonds is 3. The van der Waals surface area contributed by atoms with Gasteiger partial charge in [-0.2, -0.15) is 7.05 Å². The van der Waals surface area contributed by atoms with Crippen LogP contribution in [0.3, 0.4) is 0 Å². The van der Waals surface area contributed by atoms with Gasteiger partial charge in [0.1, 0.15) is 5.78 Å². The molecule has 10 heavy (non-hydrogen) atoms. The predicted molar refractivity (Wildman–Crippen MR) is 40.8 cm³/mol. The van der Waals surface area contributed by atoms with Gasteiger partial charge >= 0.3 is 0 Å². The van der Waals surface area contributed by atoms with Gasteiger partial charge in [0, 0.05) is 32.7 Å². The molecule has 59 valence electrons. The third-order valence-corrected chi connectivity index (χ3v) is 0.687. The summed E-state index contributed by atoms with van der Waals surface area (Å²) in [5.74, 6) is 0.214. The van der Waals surface area contributed by atoms with Gasteiger partial charge in [-0.1, -0.05) is 13.8 Å². The van der Waals surface area contributed by atoms with Crippen molar-refractivity contribution >= 4 is 5.78 Å². The number of nitrogens with zero attached hydrogens (tertiary/aromatic N) is 1. The van der Waals surface area contributed by atoms with E-state index in [0.717, 1.165) is 0 Å². The minimum Gasteiger partial charge on any atom is -0.665 e. The minimum atomic E-state index is 0. The summed E-state index contributed by atoms with van der Waals surface area (Å²) >= 11 is 0. The van der Waals surface area contributed by atoms with Crippen molar-refractivity contribution in [3.05, 3.63) is 5.32 Å². The van der Waals surface area contributed by atoms with Crippen LogP contribution < -0.4 is 0 Å². The van der Waals surface area contributed by atoms with Gasteiger partial charge in [-0.25, -0.2) is 0 Å². The van der Waals surface area contributed by atoms with E-state index in [1.54, 1.807) is 14.0 Å². The molecular weight excluding hydrogens is 203 g/mol. The second-order valence-corrected chi connectivity index (χ2v) is 1.49. The number of carbonyl (C=O) groups is 1. The van der Waals surface area contributed by atoms with Gasteiger partial charge in [0.2, 0.25) is 0 Å². The van der Waals surface area contributed by atoms with Crippen LogP contribution >= 0.6 is 0 Å². The molecule has 0 saturated heterocycles. The van der Waals surface area contributed by atoms with Crippen LogP contribution in [0.5, 0.6) is 0 Å². The Labute approximate surface area is 89.0 Å². The molecule has 0 heterocycles. The Morgan fingerprint density at radius 1 is 1.40 bits per heavy atom. The van der Waals surface area contributed by atoms with Crippen molar-refractivity contribution < 1.29 is 37.5 Å². The topological polar surface area (TPSA) is 31.2 Å². The van der Waals surface area contributed by atoms with Gasteiger partial charge in [0.05, 0.1) is 0 Å². The maximum atomic E-state index is 10.1. The molecule has 0 saturated carbocycles. The van der Waals surface area contributed by atoms with Crippen molar-refractivity contribution in [1.82, 2.24) is 0 Å². The van der Waals surface area contributed by atoms with Crippen molar-refractivity contribution in [3.63, 3.8) is 0 Å². The second-order valence-electron chi connectivity index (χ2n) is 1.49. The normalized spacial score (nSPS) is 6.80. The van der Waals surface area contributed by atoms with Crippen LogP contribution in [-0.4, -0.2) is 19.4 Å². The summed E-state index contributed by atoms with van der Waals surface area (Å²) in [7, 11) is 1.71. The second kappa shape index (κ2) is 16.4. The summed E-state index contributed by atoms with van der Waals surface area (Å²) in [6, 6.07) is 0. The largest absolute Gasteiger partial charge is 0.665 e. The monoisotopic (exact) mass is 219 g/mol. The van der Waals surface area contributed by atoms with Crippen LogP contribution in [0.2, 0.25) is 0 Å². The Morgan fingerprint density at radius 3 is 1.90 bits per heavy atom. The van der Waals surface area contributed by atoms with Crippen molar-refractivity contribution in [2.45, 2.75) is 27.2 Å². The van der Waals surface area contributed by atoms with E-state index >= 15 is 0 Å². The first-order valence-corrected chi connectivity index (χ1v) is 3.32. The number of carbonyl (C=O) groups excluding carboxylic acids is 1. The zero-order valence-electron chi connectivity index (χ0n) is 7.35. The van der Waals surface area contributed by atoms with Crippen LogP contribution in [-0.2, 0) is 37.5 Å². The summed E-state index contributed by atoms with van der Waals surface area (Å²) in [5, 5.41) is 3.76. The molecule has 3 heteroatoms. The maximum absolute atomic E-state index is 10.1. The maximum Gasteiger partial charge on any atom is 0.128 e. The van der Waals surface area contributed by atoms with Gasteiger partial charge in [-0.05, 0) is 13.3 Å². The first-order chi connectivity index (χ1) is 4.27. The van der Waals surface area contributed by atoms with Crippen molar-refractivity contribution in [1.29, 1.82) is 0 Å². The van der Waals surface area contributed by atoms with Crippen molar-refractivity contribution in [2.75, 3.05) is 13.6 Å². The molecule has 0 rings (SSSR count). The quantitative estimate of drug-likeness (QED) is 0.714. The van der Waals surface area contributed by atoms with Crippen LogP contribution in [0.25, 0.3) is 5.32 Å². The molecule has 2 nitrogen and oxygen atoms in total. The van der Waals surface area contributed by atoms with Crippen LogP contribution in [0, 0.1) is 0 Å². The summed E-state index contributed by atoms with van der Waals surface area (Å²) in [6.45, 7) is 6.25. The zero-order chi connectivity index (χ0) is 7.70. The Morgan fingerprint density at radius 2 is 1.80 bits per heavy atom. The Bertz CT molecular complexity index is 66.6. The number of hydrogen-bond donors (Lipinski definition) is 0. The van der Waals surface area contributed by atoms with Gasteiger partial charge < -0.3 is 10.1 Å². The summed E-state index contributed by atoms with van der Waals surface area (Å²) in [6.07, 6.45) is 0.594. The average Bonchev–Trinajstić information content (AvgIpc) is 1.88. The summed E-state index contributed by atoms with van der Waals surface area (Å²) < 4.78 is 0. The van der Waals surface area contributed by atoms with E-state index < -0.39 is 0 Å². The van der Waals surface area contributed by atoms with E-state index in [1.165, 1.54) is 0 Å². The van der Waals surface area contributed by atoms with Crippen molar-refractivity contribution in [3.8, 4) is 0 Å². The first kappa shape index (κ1) is 17.0. The fourth-order valence-electron chi connectivity index (χ4n) is 0.269. The van der Waals surface area contributed by atoms with Gasteiger partial charge in [0.25, 0.3) is 0 Å². The molecule has 0 aromatic rings. The molecule has 0 aliphatic heterocycles. The van der Waals surface area contributed by atoms with Gasteiger partial charge in [-0.15, -0.1) is 6.54 Å². The smallest absolute Gasteiger partial charge is 0.128 e. The van der Waals surface area contributed by atoms with E-state index in [-0.39, 0.29) is 38.5 Å². The SMILES string of the molecule is CC.C[N-]CCC(C)=O.[Y]. The summed E-state index contributed by atoms with van der Waals surface area (Å²) in [4.78, 5) is 10.1. The van der Waals surface area contributed by atoms with Gasteiger partial charge in [0.15, 0.2) is 0 Å². The molecule has 0 aliphatic carbocycles. The van der Waals surface area contributed by atoms with E-state index in [2.05, 4.69) is 5.32 Å². The Kier molecular flexibility index (Phi) is 27.8. The number of hydrogen-bond acceptors (Lipinski definition) is 1. The molecule has 1 radical (unpaired) electrons. The van der Waals surface area contributed by atoms with E-state index in [0.29, 0.717) is 13.0 Å². The Balaban J connectivity index is -0.000000149. The molecule has 0 atom stereocenters. The molecule has 0 aliphatic rings. The Hall–Kier alpha value is 0.734. The molecule has 0 spiro atoms. The molecular formula is C7H16NOY-. The van der Waals surface area contributed by atoms with Crippen LogP contribution in [0.15, 0.2) is 0 Å². The standard InChI is InChI=1S/C5H10NO.C2H6.Y/c1-5(7)3-4-6-2;1-2;/h3-4H2,1-2H3;1-2H3;/q-1;;. The van der Waals surface area contributed by atoms with E-state index in [9.17, 15) is 4.79 Å². The molecule has 0 unspecified atom stereocenters.